The fraction of sp³-hybridized carbons (Fsp3) is 0.250. The van der Waals surface area contributed by atoms with Gasteiger partial charge in [-0.1, -0.05) is 0 Å². The van der Waals surface area contributed by atoms with Gasteiger partial charge in [0.15, 0.2) is 0 Å². The van der Waals surface area contributed by atoms with Crippen molar-refractivity contribution in [1.82, 2.24) is 0 Å². The van der Waals surface area contributed by atoms with E-state index >= 15 is 0 Å². The normalized spacial score (nSPS) is 11.0. The number of halogens is 4. The molecule has 2 N–H and O–H groups in total. The van der Waals surface area contributed by atoms with Crippen molar-refractivity contribution in [2.45, 2.75) is 9.79 Å². The lowest BCUT2D eigenvalue weighted by molar-refractivity contribution is 0.200. The average molecular weight is 638 g/mol. The molecule has 0 aliphatic rings. The second-order valence-electron chi connectivity index (χ2n) is 4.84. The lowest BCUT2D eigenvalue weighted by Gasteiger charge is -2.13. The van der Waals surface area contributed by atoms with Gasteiger partial charge in [0.05, 0.1) is 41.9 Å². The SMILES string of the molecule is O=S(c1cc(Br)c(OCCO)c(Br)c1)c1cc(Br)c(OCCO)c(Br)c1. The molecule has 26 heavy (non-hydrogen) atoms. The first-order valence-electron chi connectivity index (χ1n) is 7.26. The molecule has 5 nitrogen and oxygen atoms in total. The summed E-state index contributed by atoms with van der Waals surface area (Å²) in [6.45, 7) is 0.127. The smallest absolute Gasteiger partial charge is 0.147 e. The number of aliphatic hydroxyl groups is 2. The Kier molecular flexibility index (Phi) is 9.05. The highest BCUT2D eigenvalue weighted by molar-refractivity contribution is 9.11. The Hall–Kier alpha value is 0.0300. The second-order valence-corrected chi connectivity index (χ2v) is 9.74. The first kappa shape index (κ1) is 22.3. The summed E-state index contributed by atoms with van der Waals surface area (Å²) in [5, 5.41) is 17.8. The molecule has 142 valence electrons. The van der Waals surface area contributed by atoms with Crippen molar-refractivity contribution in [3.63, 3.8) is 0 Å². The average Bonchev–Trinajstić information content (AvgIpc) is 2.59. The van der Waals surface area contributed by atoms with Gasteiger partial charge in [-0.05, 0) is 88.0 Å². The summed E-state index contributed by atoms with van der Waals surface area (Å²) in [5.41, 5.74) is 0. The van der Waals surface area contributed by atoms with Crippen LogP contribution in [-0.2, 0) is 10.8 Å². The van der Waals surface area contributed by atoms with Crippen LogP contribution in [0.25, 0.3) is 0 Å². The number of benzene rings is 2. The van der Waals surface area contributed by atoms with Crippen LogP contribution in [0.4, 0.5) is 0 Å². The minimum Gasteiger partial charge on any atom is -0.489 e. The maximum atomic E-state index is 13.0. The van der Waals surface area contributed by atoms with Crippen molar-refractivity contribution in [2.24, 2.45) is 0 Å². The van der Waals surface area contributed by atoms with Gasteiger partial charge in [0.2, 0.25) is 0 Å². The quantitative estimate of drug-likeness (QED) is 0.441. The van der Waals surface area contributed by atoms with Gasteiger partial charge in [0.1, 0.15) is 24.7 Å². The molecule has 0 spiro atoms. The first-order valence-corrected chi connectivity index (χ1v) is 11.6. The summed E-state index contributed by atoms with van der Waals surface area (Å²) in [6, 6.07) is 6.86. The van der Waals surface area contributed by atoms with Crippen LogP contribution in [0.5, 0.6) is 11.5 Å². The van der Waals surface area contributed by atoms with E-state index in [0.29, 0.717) is 39.2 Å². The van der Waals surface area contributed by atoms with Crippen molar-refractivity contribution in [3.8, 4) is 11.5 Å². The van der Waals surface area contributed by atoms with Crippen LogP contribution in [0.3, 0.4) is 0 Å². The number of aliphatic hydroxyl groups excluding tert-OH is 2. The molecule has 0 unspecified atom stereocenters. The van der Waals surface area contributed by atoms with Gasteiger partial charge in [-0.25, -0.2) is 4.21 Å². The predicted octanol–water partition coefficient (Wildman–Crippen LogP) is 4.65. The number of rotatable bonds is 8. The summed E-state index contributed by atoms with van der Waals surface area (Å²) < 4.78 is 26.4. The third-order valence-corrected chi connectivity index (χ3v) is 6.73. The number of hydrogen-bond donors (Lipinski definition) is 2. The third kappa shape index (κ3) is 5.52. The molecule has 0 aliphatic carbocycles. The standard InChI is InChI=1S/C16H14Br4O5S/c17-11-5-9(6-12(18)15(11)24-3-1-21)26(23)10-7-13(19)16(14(20)8-10)25-4-2-22/h5-8,21-22H,1-4H2. The van der Waals surface area contributed by atoms with Gasteiger partial charge >= 0.3 is 0 Å². The van der Waals surface area contributed by atoms with Crippen LogP contribution in [0.2, 0.25) is 0 Å². The van der Waals surface area contributed by atoms with Crippen molar-refractivity contribution < 1.29 is 23.9 Å². The fourth-order valence-corrected chi connectivity index (χ4v) is 6.60. The number of ether oxygens (including phenoxy) is 2. The Morgan fingerprint density at radius 2 is 1.04 bits per heavy atom. The van der Waals surface area contributed by atoms with E-state index in [4.69, 9.17) is 19.7 Å². The molecule has 2 aromatic rings. The Morgan fingerprint density at radius 1 is 0.731 bits per heavy atom. The van der Waals surface area contributed by atoms with Crippen LogP contribution >= 0.6 is 63.7 Å². The molecule has 0 fully saturated rings. The molecule has 2 rings (SSSR count). The van der Waals surface area contributed by atoms with Gasteiger partial charge in [-0.3, -0.25) is 0 Å². The Bertz CT molecular complexity index is 704. The topological polar surface area (TPSA) is 76.0 Å². The fourth-order valence-electron chi connectivity index (χ4n) is 1.99. The highest BCUT2D eigenvalue weighted by Gasteiger charge is 2.17. The third-order valence-electron chi connectivity index (χ3n) is 3.05. The lowest BCUT2D eigenvalue weighted by Crippen LogP contribution is -2.04. The molecule has 0 aliphatic heterocycles. The predicted molar refractivity (Wildman–Crippen MR) is 114 cm³/mol. The molecule has 10 heteroatoms. The molecule has 2 aromatic carbocycles. The van der Waals surface area contributed by atoms with Crippen LogP contribution in [0.15, 0.2) is 51.9 Å². The van der Waals surface area contributed by atoms with E-state index in [9.17, 15) is 4.21 Å². The molecule has 0 radical (unpaired) electrons. The van der Waals surface area contributed by atoms with Crippen LogP contribution in [0, 0.1) is 0 Å². The summed E-state index contributed by atoms with van der Waals surface area (Å²) in [7, 11) is -1.45. The van der Waals surface area contributed by atoms with Gasteiger partial charge < -0.3 is 19.7 Å². The summed E-state index contributed by atoms with van der Waals surface area (Å²) in [5.74, 6) is 1.07. The molecular weight excluding hydrogens is 624 g/mol. The second kappa shape index (κ2) is 10.5. The zero-order valence-electron chi connectivity index (χ0n) is 13.2. The van der Waals surface area contributed by atoms with Gasteiger partial charge in [0, 0.05) is 9.79 Å². The molecule has 0 amide bonds. The van der Waals surface area contributed by atoms with E-state index in [1.165, 1.54) is 0 Å². The van der Waals surface area contributed by atoms with Crippen LogP contribution < -0.4 is 9.47 Å². The van der Waals surface area contributed by atoms with E-state index in [1.54, 1.807) is 24.3 Å². The largest absolute Gasteiger partial charge is 0.489 e. The number of hydrogen-bond acceptors (Lipinski definition) is 5. The monoisotopic (exact) mass is 634 g/mol. The summed E-state index contributed by atoms with van der Waals surface area (Å²) >= 11 is 13.6. The summed E-state index contributed by atoms with van der Waals surface area (Å²) in [6.07, 6.45) is 0. The minimum atomic E-state index is -1.45. The highest BCUT2D eigenvalue weighted by atomic mass is 79.9. The van der Waals surface area contributed by atoms with E-state index in [2.05, 4.69) is 63.7 Å². The van der Waals surface area contributed by atoms with Crippen molar-refractivity contribution in [3.05, 3.63) is 42.2 Å². The van der Waals surface area contributed by atoms with Crippen LogP contribution in [0.1, 0.15) is 0 Å². The maximum Gasteiger partial charge on any atom is 0.147 e. The van der Waals surface area contributed by atoms with Crippen LogP contribution in [-0.4, -0.2) is 40.8 Å². The zero-order valence-corrected chi connectivity index (χ0v) is 20.3. The Morgan fingerprint density at radius 3 is 1.31 bits per heavy atom. The van der Waals surface area contributed by atoms with Gasteiger partial charge in [-0.15, -0.1) is 0 Å². The van der Waals surface area contributed by atoms with Crippen molar-refractivity contribution in [1.29, 1.82) is 0 Å². The molecule has 0 saturated carbocycles. The van der Waals surface area contributed by atoms with Gasteiger partial charge in [0.25, 0.3) is 0 Å². The van der Waals surface area contributed by atoms with Crippen molar-refractivity contribution in [2.75, 3.05) is 26.4 Å². The molecule has 0 aromatic heterocycles. The van der Waals surface area contributed by atoms with E-state index in [0.717, 1.165) is 0 Å². The Balaban J connectivity index is 2.34. The maximum absolute atomic E-state index is 13.0. The first-order chi connectivity index (χ1) is 12.4. The van der Waals surface area contributed by atoms with E-state index in [1.807, 2.05) is 0 Å². The molecule has 0 atom stereocenters. The Labute approximate surface area is 187 Å². The minimum absolute atomic E-state index is 0.0979. The molecule has 0 saturated heterocycles. The summed E-state index contributed by atoms with van der Waals surface area (Å²) in [4.78, 5) is 1.14. The van der Waals surface area contributed by atoms with E-state index in [-0.39, 0.29) is 26.4 Å². The lowest BCUT2D eigenvalue weighted by atomic mass is 10.3. The molecular formula is C16H14Br4O5S. The van der Waals surface area contributed by atoms with Crippen molar-refractivity contribution >= 4 is 74.5 Å². The van der Waals surface area contributed by atoms with E-state index < -0.39 is 10.8 Å². The molecule has 0 bridgehead atoms. The zero-order chi connectivity index (χ0) is 19.3. The molecule has 0 heterocycles. The van der Waals surface area contributed by atoms with Gasteiger partial charge in [-0.2, -0.15) is 0 Å². The highest BCUT2D eigenvalue weighted by Crippen LogP contribution is 2.39.